The maximum atomic E-state index is 4.57. The molecule has 0 aromatic carbocycles. The standard InChI is InChI=1S/C16H22N6/c1-11-10-12(2)20-16(19-11)21-15-14(17-6-7-18-15)13-4-8-22(3)9-5-13/h6-7,10,13H,4-5,8-9H2,1-3H3,(H,18,19,20,21). The number of aromatic nitrogens is 4. The van der Waals surface area contributed by atoms with Gasteiger partial charge >= 0.3 is 0 Å². The molecular weight excluding hydrogens is 276 g/mol. The van der Waals surface area contributed by atoms with Crippen molar-refractivity contribution in [2.45, 2.75) is 32.6 Å². The van der Waals surface area contributed by atoms with Crippen molar-refractivity contribution in [1.29, 1.82) is 0 Å². The van der Waals surface area contributed by atoms with Gasteiger partial charge in [-0.25, -0.2) is 15.0 Å². The molecule has 1 aliphatic heterocycles. The molecule has 1 aliphatic rings. The van der Waals surface area contributed by atoms with Crippen molar-refractivity contribution in [2.75, 3.05) is 25.5 Å². The maximum absolute atomic E-state index is 4.57. The summed E-state index contributed by atoms with van der Waals surface area (Å²) >= 11 is 0. The van der Waals surface area contributed by atoms with Crippen molar-refractivity contribution >= 4 is 11.8 Å². The fourth-order valence-corrected chi connectivity index (χ4v) is 2.91. The molecule has 0 bridgehead atoms. The Kier molecular flexibility index (Phi) is 4.29. The Balaban J connectivity index is 1.85. The predicted octanol–water partition coefficient (Wildman–Crippen LogP) is 2.44. The van der Waals surface area contributed by atoms with Crippen LogP contribution in [-0.2, 0) is 0 Å². The van der Waals surface area contributed by atoms with Gasteiger partial charge in [-0.2, -0.15) is 0 Å². The second-order valence-electron chi connectivity index (χ2n) is 5.97. The Morgan fingerprint density at radius 2 is 1.68 bits per heavy atom. The van der Waals surface area contributed by atoms with E-state index in [0.717, 1.165) is 48.8 Å². The van der Waals surface area contributed by atoms with E-state index in [9.17, 15) is 0 Å². The molecule has 1 saturated heterocycles. The topological polar surface area (TPSA) is 66.8 Å². The largest absolute Gasteiger partial charge is 0.307 e. The van der Waals surface area contributed by atoms with E-state index in [2.05, 4.69) is 37.2 Å². The normalized spacial score (nSPS) is 16.7. The molecule has 6 nitrogen and oxygen atoms in total. The van der Waals surface area contributed by atoms with Crippen molar-refractivity contribution in [3.05, 3.63) is 35.5 Å². The fourth-order valence-electron chi connectivity index (χ4n) is 2.91. The molecule has 6 heteroatoms. The quantitative estimate of drug-likeness (QED) is 0.939. The highest BCUT2D eigenvalue weighted by atomic mass is 15.2. The van der Waals surface area contributed by atoms with Gasteiger partial charge in [-0.1, -0.05) is 0 Å². The number of hydrogen-bond donors (Lipinski definition) is 1. The van der Waals surface area contributed by atoms with Gasteiger partial charge in [0.15, 0.2) is 5.82 Å². The fraction of sp³-hybridized carbons (Fsp3) is 0.500. The smallest absolute Gasteiger partial charge is 0.228 e. The Bertz CT molecular complexity index is 629. The van der Waals surface area contributed by atoms with Crippen LogP contribution in [0.2, 0.25) is 0 Å². The molecule has 0 atom stereocenters. The van der Waals surface area contributed by atoms with Crippen LogP contribution in [0.15, 0.2) is 18.5 Å². The Hall–Kier alpha value is -2.08. The highest BCUT2D eigenvalue weighted by molar-refractivity contribution is 5.52. The van der Waals surface area contributed by atoms with Gasteiger partial charge in [0.2, 0.25) is 5.95 Å². The summed E-state index contributed by atoms with van der Waals surface area (Å²) in [7, 11) is 2.16. The summed E-state index contributed by atoms with van der Waals surface area (Å²) in [5, 5.41) is 3.25. The van der Waals surface area contributed by atoms with Crippen LogP contribution >= 0.6 is 0 Å². The number of nitrogens with zero attached hydrogens (tertiary/aromatic N) is 5. The first-order valence-corrected chi connectivity index (χ1v) is 7.70. The minimum absolute atomic E-state index is 0.443. The van der Waals surface area contributed by atoms with Gasteiger partial charge in [-0.3, -0.25) is 4.98 Å². The molecular formula is C16H22N6. The summed E-state index contributed by atoms with van der Waals surface area (Å²) in [5.74, 6) is 1.81. The zero-order valence-corrected chi connectivity index (χ0v) is 13.4. The van der Waals surface area contributed by atoms with Crippen LogP contribution in [0.5, 0.6) is 0 Å². The first kappa shape index (κ1) is 14.8. The number of likely N-dealkylation sites (tertiary alicyclic amines) is 1. The molecule has 22 heavy (non-hydrogen) atoms. The van der Waals surface area contributed by atoms with Gasteiger partial charge in [0.1, 0.15) is 0 Å². The van der Waals surface area contributed by atoms with Gasteiger partial charge in [0.05, 0.1) is 5.69 Å². The zero-order valence-electron chi connectivity index (χ0n) is 13.4. The first-order valence-electron chi connectivity index (χ1n) is 7.70. The zero-order chi connectivity index (χ0) is 15.5. The lowest BCUT2D eigenvalue weighted by Crippen LogP contribution is -2.30. The molecule has 3 rings (SSSR count). The van der Waals surface area contributed by atoms with Crippen LogP contribution in [0, 0.1) is 13.8 Å². The van der Waals surface area contributed by atoms with Crippen LogP contribution in [0.25, 0.3) is 0 Å². The number of rotatable bonds is 3. The lowest BCUT2D eigenvalue weighted by atomic mass is 9.93. The Morgan fingerprint density at radius 3 is 2.36 bits per heavy atom. The van der Waals surface area contributed by atoms with Crippen LogP contribution in [-0.4, -0.2) is 45.0 Å². The van der Waals surface area contributed by atoms with E-state index in [0.29, 0.717) is 11.9 Å². The van der Waals surface area contributed by atoms with Crippen LogP contribution in [0.3, 0.4) is 0 Å². The van der Waals surface area contributed by atoms with Crippen LogP contribution in [0.1, 0.15) is 35.8 Å². The lowest BCUT2D eigenvalue weighted by Gasteiger charge is -2.29. The average molecular weight is 298 g/mol. The van der Waals surface area contributed by atoms with E-state index >= 15 is 0 Å². The minimum atomic E-state index is 0.443. The molecule has 0 aliphatic carbocycles. The first-order chi connectivity index (χ1) is 10.6. The number of anilines is 2. The predicted molar refractivity (Wildman–Crippen MR) is 86.3 cm³/mol. The van der Waals surface area contributed by atoms with Crippen molar-refractivity contribution in [3.63, 3.8) is 0 Å². The Labute approximate surface area is 131 Å². The number of nitrogens with one attached hydrogen (secondary N) is 1. The van der Waals surface area contributed by atoms with Gasteiger partial charge in [-0.05, 0) is 52.9 Å². The molecule has 0 unspecified atom stereocenters. The molecule has 1 N–H and O–H groups in total. The summed E-state index contributed by atoms with van der Waals surface area (Å²) in [6.07, 6.45) is 5.69. The van der Waals surface area contributed by atoms with Crippen molar-refractivity contribution in [1.82, 2.24) is 24.8 Å². The second-order valence-corrected chi connectivity index (χ2v) is 5.97. The van der Waals surface area contributed by atoms with E-state index in [-0.39, 0.29) is 0 Å². The summed E-state index contributed by atoms with van der Waals surface area (Å²) in [6, 6.07) is 1.96. The lowest BCUT2D eigenvalue weighted by molar-refractivity contribution is 0.253. The third-order valence-electron chi connectivity index (χ3n) is 4.04. The summed E-state index contributed by atoms with van der Waals surface area (Å²) in [6.45, 7) is 6.13. The Morgan fingerprint density at radius 1 is 1.05 bits per heavy atom. The van der Waals surface area contributed by atoms with Gasteiger partial charge in [0, 0.05) is 29.7 Å². The van der Waals surface area contributed by atoms with E-state index in [1.165, 1.54) is 0 Å². The van der Waals surface area contributed by atoms with Gasteiger partial charge in [0.25, 0.3) is 0 Å². The highest BCUT2D eigenvalue weighted by Gasteiger charge is 2.23. The molecule has 2 aromatic rings. The number of hydrogen-bond acceptors (Lipinski definition) is 6. The number of aryl methyl sites for hydroxylation is 2. The summed E-state index contributed by atoms with van der Waals surface area (Å²) < 4.78 is 0. The summed E-state index contributed by atoms with van der Waals surface area (Å²) in [4.78, 5) is 20.2. The van der Waals surface area contributed by atoms with Crippen LogP contribution in [0.4, 0.5) is 11.8 Å². The molecule has 3 heterocycles. The molecule has 0 radical (unpaired) electrons. The molecule has 116 valence electrons. The molecule has 0 spiro atoms. The third-order valence-corrected chi connectivity index (χ3v) is 4.04. The SMILES string of the molecule is Cc1cc(C)nc(Nc2nccnc2C2CCN(C)CC2)n1. The van der Waals surface area contributed by atoms with Gasteiger partial charge in [-0.15, -0.1) is 0 Å². The minimum Gasteiger partial charge on any atom is -0.307 e. The monoisotopic (exact) mass is 298 g/mol. The van der Waals surface area contributed by atoms with Crippen molar-refractivity contribution < 1.29 is 0 Å². The molecule has 0 amide bonds. The van der Waals surface area contributed by atoms with E-state index in [1.807, 2.05) is 19.9 Å². The maximum Gasteiger partial charge on any atom is 0.228 e. The molecule has 1 fully saturated rings. The number of piperidine rings is 1. The average Bonchev–Trinajstić information content (AvgIpc) is 2.48. The highest BCUT2D eigenvalue weighted by Crippen LogP contribution is 2.30. The van der Waals surface area contributed by atoms with E-state index in [1.54, 1.807) is 12.4 Å². The third kappa shape index (κ3) is 3.39. The van der Waals surface area contributed by atoms with E-state index < -0.39 is 0 Å². The van der Waals surface area contributed by atoms with Crippen molar-refractivity contribution in [3.8, 4) is 0 Å². The molecule has 2 aromatic heterocycles. The molecule has 0 saturated carbocycles. The second kappa shape index (κ2) is 6.36. The van der Waals surface area contributed by atoms with E-state index in [4.69, 9.17) is 0 Å². The van der Waals surface area contributed by atoms with Crippen molar-refractivity contribution in [2.24, 2.45) is 0 Å². The van der Waals surface area contributed by atoms with Gasteiger partial charge < -0.3 is 10.2 Å². The van der Waals surface area contributed by atoms with Crippen LogP contribution < -0.4 is 5.32 Å². The summed E-state index contributed by atoms with van der Waals surface area (Å²) in [5.41, 5.74) is 2.91.